The molecule has 2 rings (SSSR count). The van der Waals surface area contributed by atoms with Gasteiger partial charge < -0.3 is 13.9 Å². The lowest BCUT2D eigenvalue weighted by Gasteiger charge is -2.01. The minimum absolute atomic E-state index is 0.0391. The first-order chi connectivity index (χ1) is 11.2. The number of hydrogen-bond donors (Lipinski definition) is 0. The Kier molecular flexibility index (Phi) is 5.81. The summed E-state index contributed by atoms with van der Waals surface area (Å²) in [6, 6.07) is 4.96. The zero-order valence-electron chi connectivity index (χ0n) is 13.2. The van der Waals surface area contributed by atoms with E-state index in [4.69, 9.17) is 13.9 Å². The topological polar surface area (TPSA) is 65.7 Å². The van der Waals surface area contributed by atoms with E-state index in [9.17, 15) is 9.59 Å². The van der Waals surface area contributed by atoms with Gasteiger partial charge in [-0.1, -0.05) is 25.2 Å². The van der Waals surface area contributed by atoms with Crippen LogP contribution >= 0.6 is 0 Å². The van der Waals surface area contributed by atoms with Gasteiger partial charge in [-0.25, -0.2) is 0 Å². The molecule has 0 radical (unpaired) electrons. The normalized spacial score (nSPS) is 10.0. The molecule has 0 atom stereocenters. The van der Waals surface area contributed by atoms with Crippen LogP contribution in [0.5, 0.6) is 5.75 Å². The van der Waals surface area contributed by atoms with Crippen molar-refractivity contribution in [3.63, 3.8) is 0 Å². The molecule has 0 aliphatic carbocycles. The molecule has 0 amide bonds. The van der Waals surface area contributed by atoms with Crippen LogP contribution in [0, 0.1) is 11.8 Å². The number of esters is 1. The molecule has 2 aromatic rings. The van der Waals surface area contributed by atoms with E-state index in [0.29, 0.717) is 23.1 Å². The zero-order chi connectivity index (χ0) is 16.7. The molecule has 23 heavy (non-hydrogen) atoms. The van der Waals surface area contributed by atoms with E-state index in [-0.39, 0.29) is 23.6 Å². The molecule has 0 bridgehead atoms. The minimum Gasteiger partial charge on any atom is -0.497 e. The number of ether oxygens (including phenoxy) is 2. The van der Waals surface area contributed by atoms with Crippen molar-refractivity contribution in [2.75, 3.05) is 13.7 Å². The number of hydrogen-bond acceptors (Lipinski definition) is 5. The fourth-order valence-electron chi connectivity index (χ4n) is 1.96. The van der Waals surface area contributed by atoms with Crippen molar-refractivity contribution in [2.45, 2.75) is 26.2 Å². The fourth-order valence-corrected chi connectivity index (χ4v) is 1.96. The maximum absolute atomic E-state index is 12.3. The Morgan fingerprint density at radius 3 is 2.91 bits per heavy atom. The summed E-state index contributed by atoms with van der Waals surface area (Å²) in [7, 11) is 1.54. The minimum atomic E-state index is -0.279. The fraction of sp³-hybridized carbons (Fsp3) is 0.333. The molecule has 0 unspecified atom stereocenters. The number of unbranched alkanes of at least 4 members (excludes halogenated alkanes) is 1. The predicted molar refractivity (Wildman–Crippen MR) is 86.4 cm³/mol. The van der Waals surface area contributed by atoms with E-state index in [0.717, 1.165) is 12.8 Å². The Labute approximate surface area is 134 Å². The average molecular weight is 314 g/mol. The first-order valence-corrected chi connectivity index (χ1v) is 7.39. The smallest absolute Gasteiger partial charge is 0.306 e. The maximum atomic E-state index is 12.3. The van der Waals surface area contributed by atoms with Crippen LogP contribution in [-0.2, 0) is 9.53 Å². The summed E-state index contributed by atoms with van der Waals surface area (Å²) in [5, 5.41) is 0.428. The largest absolute Gasteiger partial charge is 0.497 e. The molecular weight excluding hydrogens is 296 g/mol. The third kappa shape index (κ3) is 4.36. The molecule has 0 saturated heterocycles. The Hall–Kier alpha value is -2.74. The molecule has 1 aromatic heterocycles. The molecule has 120 valence electrons. The SMILES string of the molecule is CCCCC(=O)OCC#Cc1coc2cc(OC)ccc2c1=O. The van der Waals surface area contributed by atoms with E-state index in [1.54, 1.807) is 25.3 Å². The lowest BCUT2D eigenvalue weighted by Crippen LogP contribution is -2.06. The van der Waals surface area contributed by atoms with Gasteiger partial charge in [-0.05, 0) is 18.6 Å². The van der Waals surface area contributed by atoms with Gasteiger partial charge in [0, 0.05) is 12.5 Å². The third-order valence-corrected chi connectivity index (χ3v) is 3.24. The molecule has 1 aromatic carbocycles. The van der Waals surface area contributed by atoms with Crippen molar-refractivity contribution < 1.29 is 18.7 Å². The monoisotopic (exact) mass is 314 g/mol. The highest BCUT2D eigenvalue weighted by Crippen LogP contribution is 2.18. The van der Waals surface area contributed by atoms with E-state index >= 15 is 0 Å². The molecule has 0 fully saturated rings. The van der Waals surface area contributed by atoms with Gasteiger partial charge in [0.15, 0.2) is 6.61 Å². The third-order valence-electron chi connectivity index (χ3n) is 3.24. The highest BCUT2D eigenvalue weighted by atomic mass is 16.5. The van der Waals surface area contributed by atoms with Gasteiger partial charge in [0.1, 0.15) is 23.2 Å². The zero-order valence-corrected chi connectivity index (χ0v) is 13.2. The molecule has 1 heterocycles. The first-order valence-electron chi connectivity index (χ1n) is 7.39. The Balaban J connectivity index is 2.10. The average Bonchev–Trinajstić information content (AvgIpc) is 2.58. The van der Waals surface area contributed by atoms with Crippen LogP contribution in [0.4, 0.5) is 0 Å². The summed E-state index contributed by atoms with van der Waals surface area (Å²) in [5.41, 5.74) is 0.442. The van der Waals surface area contributed by atoms with Gasteiger partial charge >= 0.3 is 5.97 Å². The van der Waals surface area contributed by atoms with Gasteiger partial charge in [0.05, 0.1) is 12.5 Å². The highest BCUT2D eigenvalue weighted by molar-refractivity contribution is 5.79. The van der Waals surface area contributed by atoms with Crippen LogP contribution in [-0.4, -0.2) is 19.7 Å². The van der Waals surface area contributed by atoms with Crippen molar-refractivity contribution in [3.05, 3.63) is 40.2 Å². The second-order valence-corrected chi connectivity index (χ2v) is 4.91. The summed E-state index contributed by atoms with van der Waals surface area (Å²) in [5.74, 6) is 5.67. The van der Waals surface area contributed by atoms with E-state index in [1.807, 2.05) is 6.92 Å². The van der Waals surface area contributed by atoms with Crippen LogP contribution in [0.25, 0.3) is 11.0 Å². The Morgan fingerprint density at radius 1 is 1.35 bits per heavy atom. The van der Waals surface area contributed by atoms with Gasteiger partial charge in [-0.15, -0.1) is 0 Å². The highest BCUT2D eigenvalue weighted by Gasteiger charge is 2.06. The first kappa shape index (κ1) is 16.6. The summed E-state index contributed by atoms with van der Waals surface area (Å²) >= 11 is 0. The summed E-state index contributed by atoms with van der Waals surface area (Å²) in [4.78, 5) is 23.6. The van der Waals surface area contributed by atoms with E-state index in [1.165, 1.54) is 6.26 Å². The maximum Gasteiger partial charge on any atom is 0.306 e. The standard InChI is InChI=1S/C18H18O5/c1-3-4-7-17(19)22-10-5-6-13-12-23-16-11-14(21-2)8-9-15(16)18(13)20/h8-9,11-12H,3-4,7,10H2,1-2H3. The number of fused-ring (bicyclic) bond motifs is 1. The number of benzene rings is 1. The number of carbonyl (C=O) groups is 1. The molecule has 0 saturated carbocycles. The number of carbonyl (C=O) groups excluding carboxylic acids is 1. The van der Waals surface area contributed by atoms with Crippen LogP contribution in [0.15, 0.2) is 33.7 Å². The molecule has 0 N–H and O–H groups in total. The van der Waals surface area contributed by atoms with Crippen molar-refractivity contribution in [2.24, 2.45) is 0 Å². The van der Waals surface area contributed by atoms with Crippen LogP contribution < -0.4 is 10.2 Å². The number of rotatable bonds is 5. The predicted octanol–water partition coefficient (Wildman–Crippen LogP) is 2.89. The summed E-state index contributed by atoms with van der Waals surface area (Å²) < 4.78 is 15.5. The summed E-state index contributed by atoms with van der Waals surface area (Å²) in [6.07, 6.45) is 3.42. The molecule has 5 heteroatoms. The quantitative estimate of drug-likeness (QED) is 0.627. The second-order valence-electron chi connectivity index (χ2n) is 4.91. The van der Waals surface area contributed by atoms with Gasteiger partial charge in [-0.2, -0.15) is 0 Å². The molecule has 0 aliphatic heterocycles. The van der Waals surface area contributed by atoms with Crippen molar-refractivity contribution in [1.29, 1.82) is 0 Å². The molecule has 0 spiro atoms. The molecule has 0 aliphatic rings. The number of methoxy groups -OCH3 is 1. The molecular formula is C18H18O5. The van der Waals surface area contributed by atoms with Crippen molar-refractivity contribution in [1.82, 2.24) is 0 Å². The van der Waals surface area contributed by atoms with Crippen molar-refractivity contribution >= 4 is 16.9 Å². The van der Waals surface area contributed by atoms with Crippen LogP contribution in [0.2, 0.25) is 0 Å². The van der Waals surface area contributed by atoms with Gasteiger partial charge in [0.2, 0.25) is 5.43 Å². The van der Waals surface area contributed by atoms with Gasteiger partial charge in [0.25, 0.3) is 0 Å². The van der Waals surface area contributed by atoms with Crippen LogP contribution in [0.1, 0.15) is 31.7 Å². The second kappa shape index (κ2) is 8.04. The van der Waals surface area contributed by atoms with E-state index in [2.05, 4.69) is 11.8 Å². The van der Waals surface area contributed by atoms with Crippen molar-refractivity contribution in [3.8, 4) is 17.6 Å². The Morgan fingerprint density at radius 2 is 2.17 bits per heavy atom. The molecule has 5 nitrogen and oxygen atoms in total. The lowest BCUT2D eigenvalue weighted by molar-refractivity contribution is -0.142. The Bertz CT molecular complexity index is 807. The van der Waals surface area contributed by atoms with E-state index < -0.39 is 0 Å². The van der Waals surface area contributed by atoms with Gasteiger partial charge in [-0.3, -0.25) is 9.59 Å². The summed E-state index contributed by atoms with van der Waals surface area (Å²) in [6.45, 7) is 1.96. The lowest BCUT2D eigenvalue weighted by atomic mass is 10.1. The van der Waals surface area contributed by atoms with Crippen LogP contribution in [0.3, 0.4) is 0 Å².